The molecule has 5 atom stereocenters. The average molecular weight is 928 g/mol. The van der Waals surface area contributed by atoms with E-state index in [1.54, 1.807) is 59.4 Å². The SMILES string of the molecule is Cc1[nH]c2ccccc2c1CCN(Cc1ccc(/C=C/C(=O)NO[C@@H]2O[C@@H](C)[C@@H](OC(=O)C(C)C)[C@@H](OC(=O)C(C)C)[C@@H]2OC(=O)C(C)C)cc1)C(=O)OCC1c2ccccc2-c2ccccc21. The molecule has 14 heteroatoms. The summed E-state index contributed by atoms with van der Waals surface area (Å²) >= 11 is 0. The first kappa shape index (κ1) is 49.1. The van der Waals surface area contributed by atoms with Crippen LogP contribution in [0.2, 0.25) is 0 Å². The van der Waals surface area contributed by atoms with Crippen molar-refractivity contribution in [1.29, 1.82) is 0 Å². The second-order valence-electron chi connectivity index (χ2n) is 18.3. The third-order valence-corrected chi connectivity index (χ3v) is 12.2. The second-order valence-corrected chi connectivity index (χ2v) is 18.3. The van der Waals surface area contributed by atoms with E-state index in [9.17, 15) is 24.0 Å². The number of esters is 3. The minimum absolute atomic E-state index is 0.0832. The van der Waals surface area contributed by atoms with Gasteiger partial charge in [0.2, 0.25) is 6.29 Å². The number of aryl methyl sites for hydroxylation is 1. The molecule has 0 spiro atoms. The van der Waals surface area contributed by atoms with Crippen LogP contribution in [-0.4, -0.2) is 83.6 Å². The molecular weight excluding hydrogens is 867 g/mol. The molecule has 0 saturated carbocycles. The summed E-state index contributed by atoms with van der Waals surface area (Å²) in [5.74, 6) is -4.24. The minimum Gasteiger partial charge on any atom is -0.455 e. The van der Waals surface area contributed by atoms with Crippen molar-refractivity contribution in [1.82, 2.24) is 15.4 Å². The molecule has 1 saturated heterocycles. The number of nitrogens with zero attached hydrogens (tertiary/aromatic N) is 1. The second kappa shape index (κ2) is 21.9. The summed E-state index contributed by atoms with van der Waals surface area (Å²) in [4.78, 5) is 76.7. The Labute approximate surface area is 397 Å². The molecule has 1 aliphatic heterocycles. The van der Waals surface area contributed by atoms with Crippen LogP contribution in [-0.2, 0) is 60.7 Å². The van der Waals surface area contributed by atoms with E-state index in [1.165, 1.54) is 6.08 Å². The van der Waals surface area contributed by atoms with E-state index in [0.29, 0.717) is 18.5 Å². The Morgan fingerprint density at radius 1 is 0.721 bits per heavy atom. The summed E-state index contributed by atoms with van der Waals surface area (Å²) in [6.45, 7) is 14.4. The average Bonchev–Trinajstić information content (AvgIpc) is 3.82. The van der Waals surface area contributed by atoms with Gasteiger partial charge in [-0.15, -0.1) is 0 Å². The number of nitrogens with one attached hydrogen (secondary N) is 2. The van der Waals surface area contributed by atoms with E-state index in [1.807, 2.05) is 73.7 Å². The van der Waals surface area contributed by atoms with Gasteiger partial charge >= 0.3 is 24.0 Å². The number of carbonyl (C=O) groups excluding carboxylic acids is 5. The van der Waals surface area contributed by atoms with Crippen LogP contribution in [0, 0.1) is 24.7 Å². The fourth-order valence-corrected chi connectivity index (χ4v) is 8.40. The molecule has 7 rings (SSSR count). The standard InChI is InChI=1S/C54H61N3O11/c1-31(2)50(59)65-47-35(8)64-53(49(67-52(61)33(5)6)48(47)66-51(60)32(3)4)68-56-46(58)26-25-36-21-23-37(24-22-36)29-57(28-27-38-34(7)55-45-20-14-13-19-43(38)45)54(62)63-30-44-41-17-11-9-15-39(41)40-16-10-12-18-42(40)44/h9-26,31-33,35,44,47-49,53,55H,27-30H2,1-8H3,(H,56,58)/b26-25+/t35-,47+,48+,49-,53-/m0/s1. The quantitative estimate of drug-likeness (QED) is 0.0395. The zero-order valence-corrected chi connectivity index (χ0v) is 39.9. The molecule has 5 aromatic rings. The van der Waals surface area contributed by atoms with Crippen LogP contribution < -0.4 is 5.48 Å². The zero-order chi connectivity index (χ0) is 48.6. The van der Waals surface area contributed by atoms with Gasteiger partial charge in [-0.1, -0.05) is 133 Å². The number of hydrogen-bond acceptors (Lipinski definition) is 11. The first-order chi connectivity index (χ1) is 32.6. The van der Waals surface area contributed by atoms with Crippen molar-refractivity contribution < 1.29 is 52.5 Å². The van der Waals surface area contributed by atoms with Crippen LogP contribution in [0.15, 0.2) is 103 Å². The minimum atomic E-state index is -1.44. The molecule has 1 aliphatic carbocycles. The molecule has 2 N–H and O–H groups in total. The van der Waals surface area contributed by atoms with Crippen LogP contribution in [0.5, 0.6) is 0 Å². The van der Waals surface area contributed by atoms with E-state index >= 15 is 0 Å². The molecule has 68 heavy (non-hydrogen) atoms. The third kappa shape index (κ3) is 11.5. The maximum absolute atomic E-state index is 14.1. The van der Waals surface area contributed by atoms with E-state index < -0.39 is 78.4 Å². The van der Waals surface area contributed by atoms with Crippen molar-refractivity contribution in [2.75, 3.05) is 13.2 Å². The first-order valence-electron chi connectivity index (χ1n) is 23.2. The topological polar surface area (TPSA) is 172 Å². The highest BCUT2D eigenvalue weighted by Gasteiger charge is 2.52. The number of ether oxygens (including phenoxy) is 5. The molecule has 1 fully saturated rings. The number of benzene rings is 4. The van der Waals surface area contributed by atoms with E-state index in [4.69, 9.17) is 28.5 Å². The van der Waals surface area contributed by atoms with Crippen molar-refractivity contribution in [2.45, 2.75) is 105 Å². The lowest BCUT2D eigenvalue weighted by molar-refractivity contribution is -0.313. The summed E-state index contributed by atoms with van der Waals surface area (Å²) in [6.07, 6.45) is -3.18. The molecule has 0 unspecified atom stereocenters. The van der Waals surface area contributed by atoms with Crippen molar-refractivity contribution in [3.05, 3.63) is 137 Å². The first-order valence-corrected chi connectivity index (χ1v) is 23.2. The maximum Gasteiger partial charge on any atom is 0.410 e. The maximum atomic E-state index is 14.1. The Morgan fingerprint density at radius 2 is 1.28 bits per heavy atom. The third-order valence-electron chi connectivity index (χ3n) is 12.2. The van der Waals surface area contributed by atoms with E-state index in [-0.39, 0.29) is 19.1 Å². The molecule has 1 aromatic heterocycles. The van der Waals surface area contributed by atoms with Gasteiger partial charge in [-0.3, -0.25) is 19.2 Å². The van der Waals surface area contributed by atoms with Crippen molar-refractivity contribution in [2.24, 2.45) is 17.8 Å². The molecule has 0 bridgehead atoms. The number of carbonyl (C=O) groups is 5. The Hall–Kier alpha value is -6.77. The lowest BCUT2D eigenvalue weighted by atomic mass is 9.98. The van der Waals surface area contributed by atoms with Gasteiger partial charge in [0, 0.05) is 41.7 Å². The number of para-hydroxylation sites is 1. The van der Waals surface area contributed by atoms with Crippen molar-refractivity contribution in [3.8, 4) is 11.1 Å². The molecule has 4 aromatic carbocycles. The summed E-state index contributed by atoms with van der Waals surface area (Å²) < 4.78 is 29.4. The van der Waals surface area contributed by atoms with Gasteiger partial charge in [0.1, 0.15) is 6.61 Å². The lowest BCUT2D eigenvalue weighted by Gasteiger charge is -2.43. The van der Waals surface area contributed by atoms with Gasteiger partial charge in [0.25, 0.3) is 5.91 Å². The Morgan fingerprint density at radius 3 is 1.90 bits per heavy atom. The largest absolute Gasteiger partial charge is 0.455 e. The number of H-pyrrole nitrogens is 1. The number of amides is 2. The van der Waals surface area contributed by atoms with Crippen molar-refractivity contribution in [3.63, 3.8) is 0 Å². The van der Waals surface area contributed by atoms with Gasteiger partial charge in [-0.05, 0) is 71.4 Å². The monoisotopic (exact) mass is 927 g/mol. The predicted molar refractivity (Wildman–Crippen MR) is 255 cm³/mol. The highest BCUT2D eigenvalue weighted by atomic mass is 16.8. The fraction of sp³-hybridized carbons (Fsp3) is 0.389. The van der Waals surface area contributed by atoms with Gasteiger partial charge in [0.15, 0.2) is 18.3 Å². The number of hydrogen-bond donors (Lipinski definition) is 2. The Kier molecular flexibility index (Phi) is 15.8. The Bertz CT molecular complexity index is 2590. The van der Waals surface area contributed by atoms with Crippen molar-refractivity contribution >= 4 is 46.9 Å². The van der Waals surface area contributed by atoms with Gasteiger partial charge in [0.05, 0.1) is 23.9 Å². The predicted octanol–water partition coefficient (Wildman–Crippen LogP) is 8.98. The van der Waals surface area contributed by atoms with Crippen LogP contribution in [0.3, 0.4) is 0 Å². The smallest absolute Gasteiger partial charge is 0.410 e. The lowest BCUT2D eigenvalue weighted by Crippen LogP contribution is -2.62. The van der Waals surface area contributed by atoms with Crippen LogP contribution in [0.4, 0.5) is 4.79 Å². The zero-order valence-electron chi connectivity index (χ0n) is 39.9. The van der Waals surface area contributed by atoms with Crippen LogP contribution >= 0.6 is 0 Å². The molecular formula is C54H61N3O11. The highest BCUT2D eigenvalue weighted by Crippen LogP contribution is 2.44. The number of aromatic amines is 1. The molecule has 0 radical (unpaired) electrons. The summed E-state index contributed by atoms with van der Waals surface area (Å²) in [6, 6.07) is 32.1. The highest BCUT2D eigenvalue weighted by molar-refractivity contribution is 5.91. The molecule has 2 heterocycles. The van der Waals surface area contributed by atoms with Gasteiger partial charge in [-0.2, -0.15) is 0 Å². The molecule has 14 nitrogen and oxygen atoms in total. The summed E-state index contributed by atoms with van der Waals surface area (Å²) in [5, 5.41) is 1.12. The molecule has 2 aliphatic rings. The summed E-state index contributed by atoms with van der Waals surface area (Å²) in [5.41, 5.74) is 11.7. The normalized spacial score (nSPS) is 19.0. The number of rotatable bonds is 17. The summed E-state index contributed by atoms with van der Waals surface area (Å²) in [7, 11) is 0. The number of aromatic nitrogens is 1. The van der Waals surface area contributed by atoms with Crippen LogP contribution in [0.25, 0.3) is 28.1 Å². The van der Waals surface area contributed by atoms with E-state index in [0.717, 1.165) is 50.0 Å². The number of hydroxylamine groups is 1. The molecule has 358 valence electrons. The van der Waals surface area contributed by atoms with Crippen LogP contribution in [0.1, 0.15) is 87.9 Å². The number of fused-ring (bicyclic) bond motifs is 4. The van der Waals surface area contributed by atoms with Gasteiger partial charge < -0.3 is 33.6 Å². The van der Waals surface area contributed by atoms with Gasteiger partial charge in [-0.25, -0.2) is 15.1 Å². The fourth-order valence-electron chi connectivity index (χ4n) is 8.40. The molecule has 2 amide bonds. The van der Waals surface area contributed by atoms with E-state index in [2.05, 4.69) is 40.8 Å². The Balaban J connectivity index is 1.03.